The Morgan fingerprint density at radius 1 is 1.07 bits per heavy atom. The smallest absolute Gasteiger partial charge is 0.234 e. The summed E-state index contributed by atoms with van der Waals surface area (Å²) in [6.07, 6.45) is 1.75. The third-order valence-electron chi connectivity index (χ3n) is 4.84. The lowest BCUT2D eigenvalue weighted by atomic mass is 10.0. The molecular formula is C22H27N5OS. The van der Waals surface area contributed by atoms with Gasteiger partial charge in [-0.2, -0.15) is 4.68 Å². The van der Waals surface area contributed by atoms with E-state index in [0.717, 1.165) is 35.3 Å². The van der Waals surface area contributed by atoms with Crippen molar-refractivity contribution < 1.29 is 4.79 Å². The molecule has 1 heterocycles. The monoisotopic (exact) mass is 409 g/mol. The van der Waals surface area contributed by atoms with Gasteiger partial charge in [0.05, 0.1) is 11.4 Å². The van der Waals surface area contributed by atoms with E-state index in [0.29, 0.717) is 11.1 Å². The van der Waals surface area contributed by atoms with Gasteiger partial charge >= 0.3 is 0 Å². The van der Waals surface area contributed by atoms with Crippen molar-refractivity contribution >= 4 is 23.4 Å². The molecule has 29 heavy (non-hydrogen) atoms. The number of carbonyl (C=O) groups is 1. The molecule has 0 spiro atoms. The van der Waals surface area contributed by atoms with Crippen LogP contribution in [-0.4, -0.2) is 31.9 Å². The molecule has 7 heteroatoms. The first-order valence-electron chi connectivity index (χ1n) is 9.95. The second-order valence-corrected chi connectivity index (χ2v) is 8.06. The number of para-hydroxylation sites is 1. The second kappa shape index (κ2) is 9.69. The van der Waals surface area contributed by atoms with Crippen LogP contribution in [0.15, 0.2) is 47.6 Å². The van der Waals surface area contributed by atoms with Gasteiger partial charge in [-0.1, -0.05) is 69.8 Å². The highest BCUT2D eigenvalue weighted by Crippen LogP contribution is 2.24. The highest BCUT2D eigenvalue weighted by atomic mass is 32.2. The molecule has 0 aliphatic heterocycles. The zero-order valence-electron chi connectivity index (χ0n) is 17.3. The summed E-state index contributed by atoms with van der Waals surface area (Å²) < 4.78 is 1.67. The van der Waals surface area contributed by atoms with Crippen LogP contribution >= 0.6 is 11.8 Å². The minimum atomic E-state index is -0.0599. The summed E-state index contributed by atoms with van der Waals surface area (Å²) in [6, 6.07) is 14.3. The molecular weight excluding hydrogens is 382 g/mol. The second-order valence-electron chi connectivity index (χ2n) is 7.11. The SMILES string of the molecule is CCc1cccc(CC)c1NC(=O)CSc1nnnn1-c1ccc(C(C)C)cc1. The van der Waals surface area contributed by atoms with Crippen molar-refractivity contribution in [3.63, 3.8) is 0 Å². The van der Waals surface area contributed by atoms with Gasteiger partial charge in [-0.05, 0) is 58.0 Å². The molecule has 1 N–H and O–H groups in total. The van der Waals surface area contributed by atoms with Crippen LogP contribution < -0.4 is 5.32 Å². The number of tetrazole rings is 1. The maximum Gasteiger partial charge on any atom is 0.234 e. The largest absolute Gasteiger partial charge is 0.325 e. The Kier molecular flexibility index (Phi) is 7.04. The van der Waals surface area contributed by atoms with E-state index in [1.807, 2.05) is 18.2 Å². The van der Waals surface area contributed by atoms with Crippen LogP contribution in [0.4, 0.5) is 5.69 Å². The van der Waals surface area contributed by atoms with Crippen molar-refractivity contribution in [2.24, 2.45) is 0 Å². The predicted octanol–water partition coefficient (Wildman–Crippen LogP) is 4.64. The van der Waals surface area contributed by atoms with E-state index in [1.165, 1.54) is 17.3 Å². The normalized spacial score (nSPS) is 11.1. The number of nitrogens with zero attached hydrogens (tertiary/aromatic N) is 4. The molecule has 0 saturated carbocycles. The minimum absolute atomic E-state index is 0.0599. The van der Waals surface area contributed by atoms with Crippen molar-refractivity contribution in [3.8, 4) is 5.69 Å². The van der Waals surface area contributed by atoms with Gasteiger partial charge < -0.3 is 5.32 Å². The van der Waals surface area contributed by atoms with Crippen molar-refractivity contribution in [2.75, 3.05) is 11.1 Å². The summed E-state index contributed by atoms with van der Waals surface area (Å²) in [7, 11) is 0. The van der Waals surface area contributed by atoms with Crippen molar-refractivity contribution in [1.82, 2.24) is 20.2 Å². The van der Waals surface area contributed by atoms with Gasteiger partial charge in [-0.25, -0.2) is 0 Å². The maximum absolute atomic E-state index is 12.6. The summed E-state index contributed by atoms with van der Waals surface area (Å²) in [5.41, 5.74) is 5.38. The lowest BCUT2D eigenvalue weighted by molar-refractivity contribution is -0.113. The molecule has 1 aromatic heterocycles. The molecule has 0 saturated heterocycles. The lowest BCUT2D eigenvalue weighted by Crippen LogP contribution is -2.17. The zero-order chi connectivity index (χ0) is 20.8. The van der Waals surface area contributed by atoms with Gasteiger partial charge in [-0.15, -0.1) is 5.10 Å². The lowest BCUT2D eigenvalue weighted by Gasteiger charge is -2.14. The number of benzene rings is 2. The van der Waals surface area contributed by atoms with Crippen LogP contribution in [0.2, 0.25) is 0 Å². The van der Waals surface area contributed by atoms with Gasteiger partial charge in [0.15, 0.2) is 0 Å². The number of aromatic nitrogens is 4. The number of aryl methyl sites for hydroxylation is 2. The Morgan fingerprint density at radius 3 is 2.31 bits per heavy atom. The fraction of sp³-hybridized carbons (Fsp3) is 0.364. The highest BCUT2D eigenvalue weighted by molar-refractivity contribution is 7.99. The van der Waals surface area contributed by atoms with Gasteiger partial charge in [0.2, 0.25) is 11.1 Å². The molecule has 0 unspecified atom stereocenters. The molecule has 2 aromatic carbocycles. The quantitative estimate of drug-likeness (QED) is 0.549. The molecule has 0 atom stereocenters. The molecule has 3 rings (SSSR count). The fourth-order valence-electron chi connectivity index (χ4n) is 3.14. The number of thioether (sulfide) groups is 1. The highest BCUT2D eigenvalue weighted by Gasteiger charge is 2.14. The Morgan fingerprint density at radius 2 is 1.72 bits per heavy atom. The topological polar surface area (TPSA) is 72.7 Å². The van der Waals surface area contributed by atoms with Crippen LogP contribution in [0.25, 0.3) is 5.69 Å². The summed E-state index contributed by atoms with van der Waals surface area (Å²) in [6.45, 7) is 8.51. The molecule has 152 valence electrons. The first-order chi connectivity index (χ1) is 14.0. The average Bonchev–Trinajstić information content (AvgIpc) is 3.21. The third kappa shape index (κ3) is 5.03. The van der Waals surface area contributed by atoms with Crippen molar-refractivity contribution in [3.05, 3.63) is 59.2 Å². The Hall–Kier alpha value is -2.67. The molecule has 0 bridgehead atoms. The van der Waals surface area contributed by atoms with E-state index in [4.69, 9.17) is 0 Å². The minimum Gasteiger partial charge on any atom is -0.325 e. The average molecular weight is 410 g/mol. The van der Waals surface area contributed by atoms with E-state index in [1.54, 1.807) is 4.68 Å². The first kappa shape index (κ1) is 21.0. The number of anilines is 1. The Bertz CT molecular complexity index is 943. The molecule has 0 aliphatic rings. The van der Waals surface area contributed by atoms with Gasteiger partial charge in [0.25, 0.3) is 0 Å². The molecule has 6 nitrogen and oxygen atoms in total. The molecule has 1 amide bonds. The van der Waals surface area contributed by atoms with Crippen molar-refractivity contribution in [1.29, 1.82) is 0 Å². The summed E-state index contributed by atoms with van der Waals surface area (Å²) in [5, 5.41) is 15.6. The molecule has 0 fully saturated rings. The number of rotatable bonds is 8. The van der Waals surface area contributed by atoms with Gasteiger partial charge in [0, 0.05) is 5.69 Å². The van der Waals surface area contributed by atoms with E-state index < -0.39 is 0 Å². The Labute approximate surface area is 176 Å². The van der Waals surface area contributed by atoms with E-state index in [2.05, 4.69) is 72.8 Å². The van der Waals surface area contributed by atoms with E-state index in [9.17, 15) is 4.79 Å². The first-order valence-corrected chi connectivity index (χ1v) is 10.9. The number of nitrogens with one attached hydrogen (secondary N) is 1. The number of hydrogen-bond acceptors (Lipinski definition) is 5. The summed E-state index contributed by atoms with van der Waals surface area (Å²) >= 11 is 1.33. The predicted molar refractivity (Wildman–Crippen MR) is 118 cm³/mol. The van der Waals surface area contributed by atoms with Crippen LogP contribution in [-0.2, 0) is 17.6 Å². The van der Waals surface area contributed by atoms with E-state index in [-0.39, 0.29) is 11.7 Å². The van der Waals surface area contributed by atoms with Gasteiger partial charge in [0.1, 0.15) is 0 Å². The van der Waals surface area contributed by atoms with Crippen LogP contribution in [0.5, 0.6) is 0 Å². The molecule has 0 aliphatic carbocycles. The number of hydrogen-bond donors (Lipinski definition) is 1. The zero-order valence-corrected chi connectivity index (χ0v) is 18.2. The standard InChI is InChI=1S/C22H27N5OS/c1-5-16-8-7-9-17(6-2)21(16)23-20(28)14-29-22-24-25-26-27(22)19-12-10-18(11-13-19)15(3)4/h7-13,15H,5-6,14H2,1-4H3,(H,23,28). The molecule has 0 radical (unpaired) electrons. The van der Waals surface area contributed by atoms with Crippen LogP contribution in [0, 0.1) is 0 Å². The number of carbonyl (C=O) groups excluding carboxylic acids is 1. The van der Waals surface area contributed by atoms with Crippen molar-refractivity contribution in [2.45, 2.75) is 51.6 Å². The van der Waals surface area contributed by atoms with Gasteiger partial charge in [-0.3, -0.25) is 4.79 Å². The number of amides is 1. The fourth-order valence-corrected chi connectivity index (χ4v) is 3.83. The summed E-state index contributed by atoms with van der Waals surface area (Å²) in [4.78, 5) is 12.6. The third-order valence-corrected chi connectivity index (χ3v) is 5.76. The summed E-state index contributed by atoms with van der Waals surface area (Å²) in [5.74, 6) is 0.649. The van der Waals surface area contributed by atoms with Crippen LogP contribution in [0.3, 0.4) is 0 Å². The molecule has 3 aromatic rings. The van der Waals surface area contributed by atoms with E-state index >= 15 is 0 Å². The van der Waals surface area contributed by atoms with Crippen LogP contribution in [0.1, 0.15) is 50.3 Å². The maximum atomic E-state index is 12.6. The Balaban J connectivity index is 1.69.